The fourth-order valence-corrected chi connectivity index (χ4v) is 6.83. The zero-order valence-corrected chi connectivity index (χ0v) is 23.0. The van der Waals surface area contributed by atoms with Gasteiger partial charge in [0.15, 0.2) is 0 Å². The van der Waals surface area contributed by atoms with Crippen molar-refractivity contribution in [2.45, 2.75) is 30.8 Å². The molecule has 9 nitrogen and oxygen atoms in total. The van der Waals surface area contributed by atoms with Crippen LogP contribution in [0, 0.1) is 6.92 Å². The summed E-state index contributed by atoms with van der Waals surface area (Å²) in [6.45, 7) is 2.18. The van der Waals surface area contributed by atoms with E-state index in [-0.39, 0.29) is 6.03 Å². The molecule has 0 radical (unpaired) electrons. The van der Waals surface area contributed by atoms with Crippen LogP contribution in [0.3, 0.4) is 0 Å². The molecule has 4 aromatic rings. The first-order valence-electron chi connectivity index (χ1n) is 12.8. The average molecular weight is 555 g/mol. The molecule has 0 bridgehead atoms. The number of benzene rings is 3. The maximum Gasteiger partial charge on any atom is 0.319 e. The molecule has 1 aliphatic rings. The van der Waals surface area contributed by atoms with Gasteiger partial charge in [0.05, 0.1) is 22.8 Å². The van der Waals surface area contributed by atoms with Crippen molar-refractivity contribution < 1.29 is 13.8 Å². The number of hydrogen-bond donors (Lipinski definition) is 4. The van der Waals surface area contributed by atoms with Crippen LogP contribution < -0.4 is 20.7 Å². The Morgan fingerprint density at radius 1 is 0.975 bits per heavy atom. The van der Waals surface area contributed by atoms with Gasteiger partial charge in [-0.3, -0.25) is 9.78 Å². The van der Waals surface area contributed by atoms with E-state index in [0.29, 0.717) is 29.2 Å². The number of anilines is 2. The van der Waals surface area contributed by atoms with Gasteiger partial charge < -0.3 is 16.0 Å². The Hall–Kier alpha value is -4.54. The molecule has 40 heavy (non-hydrogen) atoms. The second-order valence-electron chi connectivity index (χ2n) is 9.44. The predicted octanol–water partition coefficient (Wildman–Crippen LogP) is 4.90. The SMILES string of the molecule is CNc1cccc(C)c1S1(=O)=NC(=O)C(Cc2cccc(-c3cccc(NC(=O)NCc4ccccn4)c3)c2)N1. The standard InChI is InChI=1S/C30H30N6O3S/c1-20-8-5-14-26(31-2)28(20)40(39)35-27(29(37)36-40)17-21-9-6-10-22(16-21)23-11-7-13-24(18-23)34-30(38)33-19-25-12-3-4-15-32-25/h3-16,18,27,31H,17,19H2,1-2H3,(H2,33,34,38)(H,35,36,37,39). The van der Waals surface area contributed by atoms with Crippen molar-refractivity contribution in [3.8, 4) is 11.1 Å². The summed E-state index contributed by atoms with van der Waals surface area (Å²) in [6, 6.07) is 25.4. The number of aromatic nitrogens is 1. The number of carbonyl (C=O) groups excluding carboxylic acids is 2. The number of hydrogen-bond acceptors (Lipinski definition) is 5. The number of amides is 3. The zero-order valence-electron chi connectivity index (χ0n) is 22.2. The fraction of sp³-hybridized carbons (Fsp3) is 0.167. The Balaban J connectivity index is 1.28. The lowest BCUT2D eigenvalue weighted by molar-refractivity contribution is -0.118. The second-order valence-corrected chi connectivity index (χ2v) is 11.3. The molecule has 0 aliphatic carbocycles. The van der Waals surface area contributed by atoms with Crippen LogP contribution in [0.25, 0.3) is 11.1 Å². The van der Waals surface area contributed by atoms with Gasteiger partial charge >= 0.3 is 6.03 Å². The van der Waals surface area contributed by atoms with E-state index < -0.39 is 21.9 Å². The first kappa shape index (κ1) is 27.0. The van der Waals surface area contributed by atoms with Gasteiger partial charge in [-0.1, -0.05) is 54.6 Å². The van der Waals surface area contributed by atoms with Crippen molar-refractivity contribution in [3.63, 3.8) is 0 Å². The van der Waals surface area contributed by atoms with Crippen LogP contribution >= 0.6 is 0 Å². The number of rotatable bonds is 8. The van der Waals surface area contributed by atoms with Crippen LogP contribution in [0.1, 0.15) is 16.8 Å². The highest BCUT2D eigenvalue weighted by atomic mass is 32.2. The monoisotopic (exact) mass is 554 g/mol. The topological polar surface area (TPSA) is 125 Å². The Morgan fingerprint density at radius 3 is 2.52 bits per heavy atom. The molecule has 1 aromatic heterocycles. The van der Waals surface area contributed by atoms with Gasteiger partial charge in [-0.05, 0) is 65.9 Å². The lowest BCUT2D eigenvalue weighted by Gasteiger charge is -2.16. The predicted molar refractivity (Wildman–Crippen MR) is 157 cm³/mol. The highest BCUT2D eigenvalue weighted by Gasteiger charge is 2.34. The quantitative estimate of drug-likeness (QED) is 0.247. The van der Waals surface area contributed by atoms with Crippen LogP contribution in [0.2, 0.25) is 0 Å². The molecule has 0 fully saturated rings. The number of aryl methyl sites for hydroxylation is 1. The molecule has 0 saturated heterocycles. The van der Waals surface area contributed by atoms with Crippen LogP contribution in [0.15, 0.2) is 100 Å². The van der Waals surface area contributed by atoms with Gasteiger partial charge in [0.2, 0.25) is 0 Å². The fourth-order valence-electron chi connectivity index (χ4n) is 4.65. The molecule has 2 atom stereocenters. The summed E-state index contributed by atoms with van der Waals surface area (Å²) >= 11 is 0. The normalized spacial score (nSPS) is 18.1. The molecule has 0 spiro atoms. The maximum atomic E-state index is 13.8. The number of pyridine rings is 1. The Kier molecular flexibility index (Phi) is 7.90. The van der Waals surface area contributed by atoms with Crippen molar-refractivity contribution in [3.05, 3.63) is 108 Å². The van der Waals surface area contributed by atoms with Gasteiger partial charge in [0.25, 0.3) is 5.91 Å². The van der Waals surface area contributed by atoms with Crippen molar-refractivity contribution in [1.29, 1.82) is 0 Å². The van der Waals surface area contributed by atoms with Gasteiger partial charge in [0, 0.05) is 18.9 Å². The summed E-state index contributed by atoms with van der Waals surface area (Å²) < 4.78 is 20.9. The first-order chi connectivity index (χ1) is 19.3. The van der Waals surface area contributed by atoms with Crippen molar-refractivity contribution in [2.24, 2.45) is 4.36 Å². The van der Waals surface area contributed by atoms with Crippen molar-refractivity contribution >= 4 is 33.2 Å². The molecule has 2 unspecified atom stereocenters. The number of nitrogens with one attached hydrogen (secondary N) is 4. The van der Waals surface area contributed by atoms with E-state index in [1.165, 1.54) is 0 Å². The van der Waals surface area contributed by atoms with E-state index >= 15 is 0 Å². The minimum atomic E-state index is -3.11. The highest BCUT2D eigenvalue weighted by Crippen LogP contribution is 2.30. The van der Waals surface area contributed by atoms with E-state index in [9.17, 15) is 13.8 Å². The lowest BCUT2D eigenvalue weighted by Crippen LogP contribution is -2.34. The largest absolute Gasteiger partial charge is 0.387 e. The summed E-state index contributed by atoms with van der Waals surface area (Å²) in [5, 5.41) is 8.71. The Morgan fingerprint density at radius 2 is 1.75 bits per heavy atom. The maximum absolute atomic E-state index is 13.8. The Bertz CT molecular complexity index is 1680. The molecule has 4 N–H and O–H groups in total. The molecular formula is C30H30N6O3S. The average Bonchev–Trinajstić information content (AvgIpc) is 3.25. The number of nitrogens with zero attached hydrogens (tertiary/aromatic N) is 2. The van der Waals surface area contributed by atoms with Gasteiger partial charge in [-0.25, -0.2) is 13.7 Å². The number of urea groups is 1. The van der Waals surface area contributed by atoms with Crippen molar-refractivity contribution in [1.82, 2.24) is 15.0 Å². The Labute approximate surface area is 233 Å². The van der Waals surface area contributed by atoms with Crippen LogP contribution in [-0.4, -0.2) is 34.2 Å². The molecule has 10 heteroatoms. The summed E-state index contributed by atoms with van der Waals surface area (Å²) in [5.74, 6) is -0.427. The van der Waals surface area contributed by atoms with Crippen LogP contribution in [0.4, 0.5) is 16.2 Å². The van der Waals surface area contributed by atoms with Crippen molar-refractivity contribution in [2.75, 3.05) is 17.7 Å². The lowest BCUT2D eigenvalue weighted by atomic mass is 9.99. The van der Waals surface area contributed by atoms with E-state index in [1.807, 2.05) is 91.9 Å². The third-order valence-electron chi connectivity index (χ3n) is 6.55. The minimum Gasteiger partial charge on any atom is -0.387 e. The second kappa shape index (κ2) is 11.7. The summed E-state index contributed by atoms with van der Waals surface area (Å²) in [4.78, 5) is 30.0. The molecule has 1 aliphatic heterocycles. The van der Waals surface area contributed by atoms with Crippen LogP contribution in [0.5, 0.6) is 0 Å². The molecule has 2 heterocycles. The van der Waals surface area contributed by atoms with E-state index in [4.69, 9.17) is 0 Å². The first-order valence-corrected chi connectivity index (χ1v) is 14.4. The molecule has 0 saturated carbocycles. The highest BCUT2D eigenvalue weighted by molar-refractivity contribution is 7.92. The van der Waals surface area contributed by atoms with Crippen LogP contribution in [-0.2, 0) is 27.7 Å². The smallest absolute Gasteiger partial charge is 0.319 e. The third-order valence-corrected chi connectivity index (χ3v) is 8.69. The third kappa shape index (κ3) is 6.03. The molecular weight excluding hydrogens is 524 g/mol. The molecule has 204 valence electrons. The summed E-state index contributed by atoms with van der Waals surface area (Å²) in [6.07, 6.45) is 2.02. The van der Waals surface area contributed by atoms with Gasteiger partial charge in [-0.2, -0.15) is 0 Å². The van der Waals surface area contributed by atoms with E-state index in [2.05, 4.69) is 30.0 Å². The summed E-state index contributed by atoms with van der Waals surface area (Å²) in [5.41, 5.74) is 5.61. The molecule has 5 rings (SSSR count). The zero-order chi connectivity index (χ0) is 28.1. The van der Waals surface area contributed by atoms with E-state index in [0.717, 1.165) is 27.9 Å². The van der Waals surface area contributed by atoms with Gasteiger partial charge in [0.1, 0.15) is 16.0 Å². The summed E-state index contributed by atoms with van der Waals surface area (Å²) in [7, 11) is -1.36. The minimum absolute atomic E-state index is 0.321. The molecule has 3 amide bonds. The molecule has 3 aromatic carbocycles. The number of carbonyl (C=O) groups is 2. The van der Waals surface area contributed by atoms with Gasteiger partial charge in [-0.15, -0.1) is 4.36 Å². The van der Waals surface area contributed by atoms with E-state index in [1.54, 1.807) is 13.2 Å².